The SMILES string of the molecule is N=C(NC(=O)Cc1ccccc1)/C(=N\O)C(=N)Nc1cccc(Cl)c1. The molecule has 2 aromatic rings. The number of hydrogen-bond acceptors (Lipinski definition) is 5. The largest absolute Gasteiger partial charge is 0.410 e. The molecular weight excluding hydrogens is 342 g/mol. The molecule has 0 heterocycles. The summed E-state index contributed by atoms with van der Waals surface area (Å²) in [7, 11) is 0. The zero-order chi connectivity index (χ0) is 18.2. The molecule has 7 nitrogen and oxygen atoms in total. The minimum absolute atomic E-state index is 0.0665. The summed E-state index contributed by atoms with van der Waals surface area (Å²) in [4.78, 5) is 12.0. The van der Waals surface area contributed by atoms with Gasteiger partial charge in [0, 0.05) is 10.7 Å². The van der Waals surface area contributed by atoms with Gasteiger partial charge < -0.3 is 15.8 Å². The number of nitrogens with one attached hydrogen (secondary N) is 4. The third-order valence-corrected chi connectivity index (χ3v) is 3.37. The van der Waals surface area contributed by atoms with E-state index in [4.69, 9.17) is 27.6 Å². The van der Waals surface area contributed by atoms with Gasteiger partial charge in [0.2, 0.25) is 5.91 Å². The number of amides is 1. The number of carbonyl (C=O) groups excluding carboxylic acids is 1. The number of hydrogen-bond donors (Lipinski definition) is 5. The quantitative estimate of drug-likeness (QED) is 0.245. The van der Waals surface area contributed by atoms with Crippen LogP contribution >= 0.6 is 11.6 Å². The third kappa shape index (κ3) is 5.43. The molecule has 0 saturated carbocycles. The maximum absolute atomic E-state index is 12.0. The van der Waals surface area contributed by atoms with Crippen molar-refractivity contribution in [3.05, 3.63) is 65.2 Å². The van der Waals surface area contributed by atoms with Crippen molar-refractivity contribution in [2.75, 3.05) is 5.32 Å². The molecule has 0 radical (unpaired) electrons. The van der Waals surface area contributed by atoms with Crippen LogP contribution in [-0.4, -0.2) is 28.5 Å². The predicted molar refractivity (Wildman–Crippen MR) is 98.0 cm³/mol. The van der Waals surface area contributed by atoms with Crippen molar-refractivity contribution in [3.8, 4) is 0 Å². The first kappa shape index (κ1) is 18.2. The van der Waals surface area contributed by atoms with E-state index >= 15 is 0 Å². The Hall–Kier alpha value is -3.19. The van der Waals surface area contributed by atoms with Crippen LogP contribution < -0.4 is 10.6 Å². The fourth-order valence-electron chi connectivity index (χ4n) is 2.02. The molecule has 0 aliphatic carbocycles. The molecule has 25 heavy (non-hydrogen) atoms. The Bertz CT molecular complexity index is 821. The molecule has 8 heteroatoms. The summed E-state index contributed by atoms with van der Waals surface area (Å²) in [5.41, 5.74) is 0.867. The highest BCUT2D eigenvalue weighted by atomic mass is 35.5. The summed E-state index contributed by atoms with van der Waals surface area (Å²) in [6.45, 7) is 0. The van der Waals surface area contributed by atoms with Crippen LogP contribution in [0.2, 0.25) is 5.02 Å². The highest BCUT2D eigenvalue weighted by Gasteiger charge is 2.17. The highest BCUT2D eigenvalue weighted by Crippen LogP contribution is 2.14. The van der Waals surface area contributed by atoms with E-state index in [0.29, 0.717) is 10.7 Å². The molecule has 0 aromatic heterocycles. The molecule has 0 aliphatic heterocycles. The molecule has 0 unspecified atom stereocenters. The Balaban J connectivity index is 1.98. The Kier molecular flexibility index (Phi) is 6.25. The predicted octanol–water partition coefficient (Wildman–Crippen LogP) is 2.90. The maximum atomic E-state index is 12.0. The van der Waals surface area contributed by atoms with Crippen LogP contribution in [0.4, 0.5) is 5.69 Å². The zero-order valence-corrected chi connectivity index (χ0v) is 13.8. The molecule has 0 fully saturated rings. The average Bonchev–Trinajstić information content (AvgIpc) is 2.56. The van der Waals surface area contributed by atoms with E-state index in [1.54, 1.807) is 48.5 Å². The second kappa shape index (κ2) is 8.60. The molecule has 0 bridgehead atoms. The first-order valence-corrected chi connectivity index (χ1v) is 7.63. The smallest absolute Gasteiger partial charge is 0.229 e. The Labute approximate surface area is 149 Å². The number of amidine groups is 2. The topological polar surface area (TPSA) is 121 Å². The Morgan fingerprint density at radius 1 is 1.08 bits per heavy atom. The first-order chi connectivity index (χ1) is 12.0. The standard InChI is InChI=1S/C17H16ClN5O2/c18-12-7-4-8-13(10-12)21-16(19)15(23-25)17(20)22-14(24)9-11-5-2-1-3-6-11/h1-8,10,25H,9H2,(H2,19,21)(H2,20,22,24)/b23-15-. The molecule has 0 atom stereocenters. The lowest BCUT2D eigenvalue weighted by Gasteiger charge is -2.11. The summed E-state index contributed by atoms with van der Waals surface area (Å²) in [6.07, 6.45) is 0.0665. The van der Waals surface area contributed by atoms with E-state index in [2.05, 4.69) is 15.8 Å². The molecule has 128 valence electrons. The van der Waals surface area contributed by atoms with E-state index < -0.39 is 17.5 Å². The van der Waals surface area contributed by atoms with Gasteiger partial charge in [-0.1, -0.05) is 53.2 Å². The number of halogens is 1. The first-order valence-electron chi connectivity index (χ1n) is 7.26. The molecule has 5 N–H and O–H groups in total. The van der Waals surface area contributed by atoms with Gasteiger partial charge in [-0.25, -0.2) is 0 Å². The number of benzene rings is 2. The van der Waals surface area contributed by atoms with Gasteiger partial charge in [0.25, 0.3) is 0 Å². The van der Waals surface area contributed by atoms with Crippen LogP contribution in [0.25, 0.3) is 0 Å². The van der Waals surface area contributed by atoms with Crippen molar-refractivity contribution in [3.63, 3.8) is 0 Å². The van der Waals surface area contributed by atoms with Crippen LogP contribution in [-0.2, 0) is 11.2 Å². The molecule has 0 spiro atoms. The summed E-state index contributed by atoms with van der Waals surface area (Å²) in [5.74, 6) is -1.29. The summed E-state index contributed by atoms with van der Waals surface area (Å²) < 4.78 is 0. The fraction of sp³-hybridized carbons (Fsp3) is 0.0588. The Morgan fingerprint density at radius 3 is 2.44 bits per heavy atom. The van der Waals surface area contributed by atoms with E-state index in [1.165, 1.54) is 0 Å². The number of carbonyl (C=O) groups is 1. The minimum atomic E-state index is -0.483. The molecule has 2 rings (SSSR count). The highest BCUT2D eigenvalue weighted by molar-refractivity contribution is 6.69. The second-order valence-corrected chi connectivity index (χ2v) is 5.48. The third-order valence-electron chi connectivity index (χ3n) is 3.14. The van der Waals surface area contributed by atoms with Crippen molar-refractivity contribution >= 4 is 40.6 Å². The molecule has 0 aliphatic rings. The fourth-order valence-corrected chi connectivity index (χ4v) is 2.21. The number of anilines is 1. The van der Waals surface area contributed by atoms with Gasteiger partial charge in [0.15, 0.2) is 17.4 Å². The van der Waals surface area contributed by atoms with Crippen molar-refractivity contribution in [1.82, 2.24) is 5.32 Å². The summed E-state index contributed by atoms with van der Waals surface area (Å²) in [5, 5.41) is 33.2. The lowest BCUT2D eigenvalue weighted by atomic mass is 10.1. The van der Waals surface area contributed by atoms with Gasteiger partial charge in [-0.2, -0.15) is 0 Å². The summed E-state index contributed by atoms with van der Waals surface area (Å²) >= 11 is 5.86. The molecule has 1 amide bonds. The monoisotopic (exact) mass is 357 g/mol. The summed E-state index contributed by atoms with van der Waals surface area (Å²) in [6, 6.07) is 15.6. The molecule has 0 saturated heterocycles. The van der Waals surface area contributed by atoms with Crippen molar-refractivity contribution in [1.29, 1.82) is 10.8 Å². The van der Waals surface area contributed by atoms with Gasteiger partial charge >= 0.3 is 0 Å². The van der Waals surface area contributed by atoms with Crippen LogP contribution in [0.5, 0.6) is 0 Å². The van der Waals surface area contributed by atoms with Gasteiger partial charge in [0.05, 0.1) is 6.42 Å². The average molecular weight is 358 g/mol. The number of rotatable bonds is 5. The molecule has 2 aromatic carbocycles. The number of oxime groups is 1. The van der Waals surface area contributed by atoms with Crippen molar-refractivity contribution < 1.29 is 10.0 Å². The normalized spacial score (nSPS) is 10.8. The second-order valence-electron chi connectivity index (χ2n) is 5.04. The number of nitrogens with zero attached hydrogens (tertiary/aromatic N) is 1. The molecular formula is C17H16ClN5O2. The van der Waals surface area contributed by atoms with Crippen LogP contribution in [0, 0.1) is 10.8 Å². The van der Waals surface area contributed by atoms with Crippen molar-refractivity contribution in [2.24, 2.45) is 5.16 Å². The van der Waals surface area contributed by atoms with Gasteiger partial charge in [0.1, 0.15) is 0 Å². The van der Waals surface area contributed by atoms with Crippen molar-refractivity contribution in [2.45, 2.75) is 6.42 Å². The van der Waals surface area contributed by atoms with E-state index in [1.807, 2.05) is 6.07 Å². The van der Waals surface area contributed by atoms with Gasteiger partial charge in [-0.15, -0.1) is 0 Å². The lowest BCUT2D eigenvalue weighted by molar-refractivity contribution is -0.119. The maximum Gasteiger partial charge on any atom is 0.229 e. The van der Waals surface area contributed by atoms with Crippen LogP contribution in [0.15, 0.2) is 59.8 Å². The Morgan fingerprint density at radius 2 is 1.80 bits per heavy atom. The van der Waals surface area contributed by atoms with Crippen LogP contribution in [0.3, 0.4) is 0 Å². The van der Waals surface area contributed by atoms with Crippen LogP contribution in [0.1, 0.15) is 5.56 Å². The minimum Gasteiger partial charge on any atom is -0.410 e. The van der Waals surface area contributed by atoms with Gasteiger partial charge in [-0.3, -0.25) is 15.6 Å². The van der Waals surface area contributed by atoms with Gasteiger partial charge in [-0.05, 0) is 23.8 Å². The zero-order valence-electron chi connectivity index (χ0n) is 13.1. The van der Waals surface area contributed by atoms with E-state index in [0.717, 1.165) is 5.56 Å². The van der Waals surface area contributed by atoms with E-state index in [-0.39, 0.29) is 12.3 Å². The van der Waals surface area contributed by atoms with E-state index in [9.17, 15) is 4.79 Å². The lowest BCUT2D eigenvalue weighted by Crippen LogP contribution is -2.41.